The van der Waals surface area contributed by atoms with Gasteiger partial charge in [-0.25, -0.2) is 9.89 Å². The number of H-pyrrole nitrogens is 1. The molecule has 1 N–H and O–H groups in total. The number of carbonyl (C=O) groups excluding carboxylic acids is 1. The molecule has 26 heavy (non-hydrogen) atoms. The first-order valence-electron chi connectivity index (χ1n) is 8.96. The number of likely N-dealkylation sites (tertiary alicyclic amines) is 1. The zero-order valence-electron chi connectivity index (χ0n) is 15.6. The predicted molar refractivity (Wildman–Crippen MR) is 98.0 cm³/mol. The van der Waals surface area contributed by atoms with Gasteiger partial charge in [0, 0.05) is 26.1 Å². The number of ether oxygens (including phenoxy) is 1. The van der Waals surface area contributed by atoms with E-state index in [9.17, 15) is 9.59 Å². The lowest BCUT2D eigenvalue weighted by atomic mass is 9.94. The van der Waals surface area contributed by atoms with Crippen molar-refractivity contribution in [1.29, 1.82) is 0 Å². The summed E-state index contributed by atoms with van der Waals surface area (Å²) in [7, 11) is 1.55. The normalized spacial score (nSPS) is 16.0. The smallest absolute Gasteiger partial charge is 0.343 e. The van der Waals surface area contributed by atoms with Crippen molar-refractivity contribution in [3.05, 3.63) is 52.2 Å². The summed E-state index contributed by atoms with van der Waals surface area (Å²) in [6.07, 6.45) is 1.56. The van der Waals surface area contributed by atoms with Gasteiger partial charge in [-0.3, -0.25) is 9.36 Å². The first-order chi connectivity index (χ1) is 12.4. The monoisotopic (exact) mass is 358 g/mol. The van der Waals surface area contributed by atoms with Crippen molar-refractivity contribution in [1.82, 2.24) is 19.7 Å². The maximum atomic E-state index is 12.5. The van der Waals surface area contributed by atoms with E-state index in [0.717, 1.165) is 24.2 Å². The molecule has 2 heterocycles. The molecular weight excluding hydrogens is 332 g/mol. The lowest BCUT2D eigenvalue weighted by Gasteiger charge is -2.36. The number of nitrogens with one attached hydrogen (secondary N) is 1. The second-order valence-corrected chi connectivity index (χ2v) is 7.24. The van der Waals surface area contributed by atoms with Gasteiger partial charge in [0.1, 0.15) is 11.4 Å². The predicted octanol–water partition coefficient (Wildman–Crippen LogP) is 1.75. The van der Waals surface area contributed by atoms with Crippen molar-refractivity contribution in [2.24, 2.45) is 0 Å². The van der Waals surface area contributed by atoms with Gasteiger partial charge in [-0.15, -0.1) is 0 Å². The largest absolute Gasteiger partial charge is 0.369 e. The molecule has 0 saturated carbocycles. The summed E-state index contributed by atoms with van der Waals surface area (Å²) in [5, 5.41) is 6.85. The average molecular weight is 358 g/mol. The highest BCUT2D eigenvalue weighted by atomic mass is 16.5. The summed E-state index contributed by atoms with van der Waals surface area (Å²) in [4.78, 5) is 26.6. The Hall–Kier alpha value is -2.41. The molecule has 0 aliphatic carbocycles. The molecule has 0 spiro atoms. The van der Waals surface area contributed by atoms with Gasteiger partial charge in [-0.05, 0) is 32.3 Å². The number of methoxy groups -OCH3 is 1. The fourth-order valence-electron chi connectivity index (χ4n) is 3.37. The van der Waals surface area contributed by atoms with Crippen LogP contribution in [0.4, 0.5) is 0 Å². The van der Waals surface area contributed by atoms with Gasteiger partial charge < -0.3 is 9.64 Å². The van der Waals surface area contributed by atoms with Crippen LogP contribution < -0.4 is 5.69 Å². The molecule has 1 saturated heterocycles. The number of benzene rings is 1. The lowest BCUT2D eigenvalue weighted by Crippen LogP contribution is -2.49. The van der Waals surface area contributed by atoms with Gasteiger partial charge in [0.2, 0.25) is 0 Å². The van der Waals surface area contributed by atoms with E-state index >= 15 is 0 Å². The van der Waals surface area contributed by atoms with Crippen LogP contribution >= 0.6 is 0 Å². The second kappa shape index (κ2) is 7.45. The lowest BCUT2D eigenvalue weighted by molar-refractivity contribution is -0.152. The Labute approximate surface area is 153 Å². The Morgan fingerprint density at radius 2 is 1.92 bits per heavy atom. The minimum Gasteiger partial charge on any atom is -0.369 e. The van der Waals surface area contributed by atoms with E-state index in [1.807, 2.05) is 35.2 Å². The summed E-state index contributed by atoms with van der Waals surface area (Å²) in [5.74, 6) is 0.937. The van der Waals surface area contributed by atoms with E-state index < -0.39 is 5.60 Å². The molecule has 1 aromatic carbocycles. The van der Waals surface area contributed by atoms with E-state index in [1.54, 1.807) is 25.5 Å². The van der Waals surface area contributed by atoms with Crippen LogP contribution in [0.3, 0.4) is 0 Å². The quantitative estimate of drug-likeness (QED) is 0.883. The van der Waals surface area contributed by atoms with E-state index in [-0.39, 0.29) is 17.5 Å². The van der Waals surface area contributed by atoms with Crippen LogP contribution in [-0.4, -0.2) is 51.4 Å². The van der Waals surface area contributed by atoms with Gasteiger partial charge in [0.25, 0.3) is 5.91 Å². The summed E-state index contributed by atoms with van der Waals surface area (Å²) in [5.41, 5.74) is 0.0591. The van der Waals surface area contributed by atoms with Crippen LogP contribution in [0.15, 0.2) is 35.1 Å². The fraction of sp³-hybridized carbons (Fsp3) is 0.526. The molecule has 2 aromatic rings. The Kier molecular flexibility index (Phi) is 5.27. The number of amides is 1. The number of nitrogens with zero attached hydrogens (tertiary/aromatic N) is 3. The fourth-order valence-corrected chi connectivity index (χ4v) is 3.37. The van der Waals surface area contributed by atoms with Crippen molar-refractivity contribution in [2.45, 2.75) is 44.8 Å². The molecule has 7 heteroatoms. The number of rotatable bonds is 5. The molecule has 0 atom stereocenters. The van der Waals surface area contributed by atoms with E-state index in [2.05, 4.69) is 10.2 Å². The summed E-state index contributed by atoms with van der Waals surface area (Å²) < 4.78 is 7.00. The van der Waals surface area contributed by atoms with Crippen molar-refractivity contribution in [2.75, 3.05) is 20.2 Å². The summed E-state index contributed by atoms with van der Waals surface area (Å²) in [6.45, 7) is 5.35. The average Bonchev–Trinajstić information content (AvgIpc) is 3.02. The van der Waals surface area contributed by atoms with Crippen LogP contribution in [0.1, 0.15) is 44.0 Å². The molecule has 7 nitrogen and oxygen atoms in total. The number of aromatic nitrogens is 3. The standard InChI is InChI=1S/C19H26N4O3/c1-19(2,26-3)17(24)22-11-9-15(10-12-22)16-20-21-18(25)23(16)13-14-7-5-4-6-8-14/h4-8,15H,9-13H2,1-3H3,(H,21,25). The van der Waals surface area contributed by atoms with E-state index in [1.165, 1.54) is 0 Å². The minimum absolute atomic E-state index is 0.00199. The molecular formula is C19H26N4O3. The Morgan fingerprint density at radius 3 is 2.54 bits per heavy atom. The van der Waals surface area contributed by atoms with Gasteiger partial charge in [-0.2, -0.15) is 5.10 Å². The molecule has 1 aliphatic rings. The highest BCUT2D eigenvalue weighted by Gasteiger charge is 2.35. The van der Waals surface area contributed by atoms with Gasteiger partial charge in [-0.1, -0.05) is 30.3 Å². The maximum absolute atomic E-state index is 12.5. The highest BCUT2D eigenvalue weighted by Crippen LogP contribution is 2.28. The Balaban J connectivity index is 1.71. The van der Waals surface area contributed by atoms with E-state index in [4.69, 9.17) is 4.74 Å². The first kappa shape index (κ1) is 18.4. The third kappa shape index (κ3) is 3.72. The molecule has 1 aromatic heterocycles. The topological polar surface area (TPSA) is 80.2 Å². The summed E-state index contributed by atoms with van der Waals surface area (Å²) >= 11 is 0. The third-order valence-corrected chi connectivity index (χ3v) is 5.14. The second-order valence-electron chi connectivity index (χ2n) is 7.24. The van der Waals surface area contributed by atoms with Gasteiger partial charge >= 0.3 is 5.69 Å². The third-order valence-electron chi connectivity index (χ3n) is 5.14. The molecule has 0 unspecified atom stereocenters. The van der Waals surface area contributed by atoms with Crippen LogP contribution in [0, 0.1) is 0 Å². The number of piperidine rings is 1. The molecule has 1 amide bonds. The van der Waals surface area contributed by atoms with Crippen LogP contribution in [0.2, 0.25) is 0 Å². The zero-order valence-corrected chi connectivity index (χ0v) is 15.6. The Bertz CT molecular complexity index is 802. The molecule has 1 fully saturated rings. The number of carbonyl (C=O) groups is 1. The van der Waals surface area contributed by atoms with Gasteiger partial charge in [0.15, 0.2) is 0 Å². The number of hydrogen-bond acceptors (Lipinski definition) is 4. The van der Waals surface area contributed by atoms with Crippen molar-refractivity contribution >= 4 is 5.91 Å². The highest BCUT2D eigenvalue weighted by molar-refractivity contribution is 5.84. The minimum atomic E-state index is -0.811. The zero-order chi connectivity index (χ0) is 18.7. The molecule has 140 valence electrons. The summed E-state index contributed by atoms with van der Waals surface area (Å²) in [6, 6.07) is 9.87. The molecule has 3 rings (SSSR count). The molecule has 0 radical (unpaired) electrons. The Morgan fingerprint density at radius 1 is 1.27 bits per heavy atom. The van der Waals surface area contributed by atoms with Crippen molar-refractivity contribution < 1.29 is 9.53 Å². The maximum Gasteiger partial charge on any atom is 0.343 e. The van der Waals surface area contributed by atoms with Crippen LogP contribution in [0.25, 0.3) is 0 Å². The first-order valence-corrected chi connectivity index (χ1v) is 8.96. The van der Waals surface area contributed by atoms with E-state index in [0.29, 0.717) is 19.6 Å². The van der Waals surface area contributed by atoms with Crippen LogP contribution in [0.5, 0.6) is 0 Å². The number of hydrogen-bond donors (Lipinski definition) is 1. The SMILES string of the molecule is COC(C)(C)C(=O)N1CCC(c2n[nH]c(=O)n2Cc2ccccc2)CC1. The van der Waals surface area contributed by atoms with Crippen LogP contribution in [-0.2, 0) is 16.1 Å². The number of aromatic amines is 1. The molecule has 0 bridgehead atoms. The van der Waals surface area contributed by atoms with Crippen molar-refractivity contribution in [3.8, 4) is 0 Å². The van der Waals surface area contributed by atoms with Crippen molar-refractivity contribution in [3.63, 3.8) is 0 Å². The van der Waals surface area contributed by atoms with Gasteiger partial charge in [0.05, 0.1) is 6.54 Å². The molecule has 1 aliphatic heterocycles.